The van der Waals surface area contributed by atoms with Crippen molar-refractivity contribution in [3.63, 3.8) is 0 Å². The highest BCUT2D eigenvalue weighted by Gasteiger charge is 2.29. The highest BCUT2D eigenvalue weighted by molar-refractivity contribution is 7.84. The number of carbonyl (C=O) groups excluding carboxylic acids is 1. The fourth-order valence-electron chi connectivity index (χ4n) is 1.11. The number of ether oxygens (including phenoxy) is 1. The van der Waals surface area contributed by atoms with E-state index in [0.717, 1.165) is 5.70 Å². The third-order valence-electron chi connectivity index (χ3n) is 2.06. The largest absolute Gasteiger partial charge is 0.443 e. The normalized spacial score (nSPS) is 17.7. The van der Waals surface area contributed by atoms with Gasteiger partial charge in [-0.1, -0.05) is 0 Å². The molecule has 0 fully saturated rings. The fraction of sp³-hybridized carbons (Fsp3) is 0.750. The molecule has 1 heterocycles. The van der Waals surface area contributed by atoms with Crippen molar-refractivity contribution in [3.8, 4) is 0 Å². The van der Waals surface area contributed by atoms with Crippen molar-refractivity contribution in [1.29, 1.82) is 0 Å². The Balaban J connectivity index is 2.47. The third-order valence-corrected chi connectivity index (χ3v) is 3.62. The lowest BCUT2D eigenvalue weighted by Gasteiger charge is -2.33. The second-order valence-corrected chi connectivity index (χ2v) is 8.21. The molecule has 1 atom stereocenters. The molecule has 104 valence electrons. The average Bonchev–Trinajstić information content (AvgIpc) is 2.04. The summed E-state index contributed by atoms with van der Waals surface area (Å²) in [5, 5.41) is 0. The summed E-state index contributed by atoms with van der Waals surface area (Å²) < 4.78 is 19.6. The predicted octanol–water partition coefficient (Wildman–Crippen LogP) is 2.13. The molecule has 5 nitrogen and oxygen atoms in total. The van der Waals surface area contributed by atoms with E-state index in [4.69, 9.17) is 4.74 Å². The monoisotopic (exact) mass is 274 g/mol. The van der Waals surface area contributed by atoms with Gasteiger partial charge in [0.05, 0.1) is 17.0 Å². The lowest BCUT2D eigenvalue weighted by molar-refractivity contribution is 0.0314. The Labute approximate surface area is 111 Å². The minimum absolute atomic E-state index is 0.326. The molecule has 0 aromatic rings. The van der Waals surface area contributed by atoms with Crippen LogP contribution in [0, 0.1) is 0 Å². The Bertz CT molecular complexity index is 391. The van der Waals surface area contributed by atoms with Gasteiger partial charge in [-0.2, -0.15) is 0 Å². The molecule has 0 aromatic carbocycles. The molecule has 1 aliphatic rings. The van der Waals surface area contributed by atoms with Crippen LogP contribution in [0.4, 0.5) is 4.79 Å². The quantitative estimate of drug-likeness (QED) is 0.839. The van der Waals surface area contributed by atoms with Gasteiger partial charge in [-0.25, -0.2) is 9.00 Å². The maximum absolute atomic E-state index is 11.8. The zero-order valence-electron chi connectivity index (χ0n) is 11.9. The number of carbonyl (C=O) groups is 1. The number of hydrogen-bond acceptors (Lipinski definition) is 3. The Hall–Kier alpha value is -1.04. The third kappa shape index (κ3) is 4.33. The van der Waals surface area contributed by atoms with Gasteiger partial charge in [0.25, 0.3) is 0 Å². The number of nitrogens with one attached hydrogen (secondary N) is 1. The first-order valence-corrected chi connectivity index (χ1v) is 7.03. The summed E-state index contributed by atoms with van der Waals surface area (Å²) >= 11 is 0. The molecule has 0 saturated carbocycles. The summed E-state index contributed by atoms with van der Waals surface area (Å²) in [5.41, 5.74) is 0.289. The summed E-state index contributed by atoms with van der Waals surface area (Å²) in [5.74, 6) is 0. The first kappa shape index (κ1) is 15.0. The highest BCUT2D eigenvalue weighted by Crippen LogP contribution is 2.18. The van der Waals surface area contributed by atoms with E-state index in [1.165, 1.54) is 4.90 Å². The van der Waals surface area contributed by atoms with Crippen LogP contribution in [0.1, 0.15) is 41.5 Å². The molecule has 18 heavy (non-hydrogen) atoms. The lowest BCUT2D eigenvalue weighted by atomic mass is 10.2. The molecule has 0 saturated heterocycles. The van der Waals surface area contributed by atoms with Gasteiger partial charge in [0, 0.05) is 6.20 Å². The molecule has 0 aliphatic carbocycles. The zero-order chi connectivity index (χ0) is 14.1. The van der Waals surface area contributed by atoms with Crippen LogP contribution in [0.2, 0.25) is 0 Å². The van der Waals surface area contributed by atoms with Crippen molar-refractivity contribution in [2.24, 2.45) is 0 Å². The number of rotatable bonds is 2. The lowest BCUT2D eigenvalue weighted by Crippen LogP contribution is -2.45. The molecule has 6 heteroatoms. The van der Waals surface area contributed by atoms with Crippen LogP contribution in [0.5, 0.6) is 0 Å². The van der Waals surface area contributed by atoms with Crippen LogP contribution in [-0.4, -0.2) is 32.1 Å². The maximum atomic E-state index is 11.8. The van der Waals surface area contributed by atoms with Gasteiger partial charge >= 0.3 is 6.09 Å². The van der Waals surface area contributed by atoms with Crippen molar-refractivity contribution >= 4 is 17.1 Å². The summed E-state index contributed by atoms with van der Waals surface area (Å²) in [6, 6.07) is 0. The molecule has 1 rings (SSSR count). The molecule has 1 N–H and O–H groups in total. The Morgan fingerprint density at radius 3 is 2.22 bits per heavy atom. The van der Waals surface area contributed by atoms with Gasteiger partial charge in [-0.15, -0.1) is 0 Å². The van der Waals surface area contributed by atoms with Crippen molar-refractivity contribution in [3.05, 3.63) is 11.9 Å². The van der Waals surface area contributed by atoms with Crippen LogP contribution in [0.3, 0.4) is 0 Å². The van der Waals surface area contributed by atoms with Gasteiger partial charge in [0.1, 0.15) is 16.6 Å². The van der Waals surface area contributed by atoms with Crippen LogP contribution in [0.25, 0.3) is 0 Å². The van der Waals surface area contributed by atoms with E-state index < -0.39 is 16.6 Å². The van der Waals surface area contributed by atoms with E-state index in [1.54, 1.807) is 6.20 Å². The summed E-state index contributed by atoms with van der Waals surface area (Å²) in [7, 11) is -1.16. The van der Waals surface area contributed by atoms with E-state index in [9.17, 15) is 9.00 Å². The molecule has 1 aliphatic heterocycles. The van der Waals surface area contributed by atoms with Gasteiger partial charge in [-0.05, 0) is 41.5 Å². The Kier molecular flexibility index (Phi) is 4.10. The van der Waals surface area contributed by atoms with E-state index in [1.807, 2.05) is 41.5 Å². The minimum atomic E-state index is -1.16. The minimum Gasteiger partial charge on any atom is -0.443 e. The number of amides is 1. The zero-order valence-corrected chi connectivity index (χ0v) is 12.7. The second-order valence-electron chi connectivity index (χ2n) is 6.25. The molecule has 0 bridgehead atoms. The van der Waals surface area contributed by atoms with Crippen molar-refractivity contribution in [2.45, 2.75) is 51.9 Å². The van der Waals surface area contributed by atoms with E-state index in [-0.39, 0.29) is 10.8 Å². The Morgan fingerprint density at radius 1 is 1.33 bits per heavy atom. The standard InChI is InChI=1S/C12H22N2O3S/c1-11(2,3)17-10(15)14-7-9(8-14)13-18(16)12(4,5)6/h7,13H,8H2,1-6H3. The van der Waals surface area contributed by atoms with Crippen LogP contribution < -0.4 is 4.72 Å². The van der Waals surface area contributed by atoms with E-state index in [2.05, 4.69) is 4.72 Å². The molecule has 0 radical (unpaired) electrons. The maximum Gasteiger partial charge on any atom is 0.414 e. The summed E-state index contributed by atoms with van der Waals surface area (Å²) in [6.07, 6.45) is 1.24. The van der Waals surface area contributed by atoms with Gasteiger partial charge in [0.2, 0.25) is 0 Å². The molecular weight excluding hydrogens is 252 g/mol. The first-order chi connectivity index (χ1) is 7.99. The van der Waals surface area contributed by atoms with Gasteiger partial charge in [0.15, 0.2) is 0 Å². The average molecular weight is 274 g/mol. The summed E-state index contributed by atoms with van der Waals surface area (Å²) in [6.45, 7) is 11.5. The molecule has 1 amide bonds. The fourth-order valence-corrected chi connectivity index (χ4v) is 1.78. The van der Waals surface area contributed by atoms with E-state index in [0.29, 0.717) is 6.54 Å². The van der Waals surface area contributed by atoms with Crippen LogP contribution >= 0.6 is 0 Å². The van der Waals surface area contributed by atoms with Gasteiger partial charge in [-0.3, -0.25) is 4.90 Å². The van der Waals surface area contributed by atoms with Gasteiger partial charge < -0.3 is 9.46 Å². The number of nitrogens with zero attached hydrogens (tertiary/aromatic N) is 1. The van der Waals surface area contributed by atoms with Crippen molar-refractivity contribution in [1.82, 2.24) is 9.62 Å². The van der Waals surface area contributed by atoms with Crippen molar-refractivity contribution < 1.29 is 13.7 Å². The SMILES string of the molecule is CC(C)(C)OC(=O)N1C=C(NS(=O)C(C)(C)C)C1. The first-order valence-electron chi connectivity index (χ1n) is 5.88. The molecule has 0 spiro atoms. The van der Waals surface area contributed by atoms with E-state index >= 15 is 0 Å². The Morgan fingerprint density at radius 2 is 1.83 bits per heavy atom. The van der Waals surface area contributed by atoms with Crippen LogP contribution in [-0.2, 0) is 15.7 Å². The molecular formula is C12H22N2O3S. The van der Waals surface area contributed by atoms with Crippen molar-refractivity contribution in [2.75, 3.05) is 6.54 Å². The van der Waals surface area contributed by atoms with Crippen LogP contribution in [0.15, 0.2) is 11.9 Å². The highest BCUT2D eigenvalue weighted by atomic mass is 32.2. The summed E-state index contributed by atoms with van der Waals surface area (Å²) in [4.78, 5) is 13.1. The predicted molar refractivity (Wildman–Crippen MR) is 72.1 cm³/mol. The molecule has 1 unspecified atom stereocenters. The molecule has 0 aromatic heterocycles. The topological polar surface area (TPSA) is 58.6 Å². The smallest absolute Gasteiger partial charge is 0.414 e. The number of hydrogen-bond donors (Lipinski definition) is 1. The second kappa shape index (κ2) is 4.91.